The molecule has 4 nitrogen and oxygen atoms in total. The van der Waals surface area contributed by atoms with E-state index in [4.69, 9.17) is 4.74 Å². The fourth-order valence-corrected chi connectivity index (χ4v) is 3.56. The Balaban J connectivity index is 1.78. The van der Waals surface area contributed by atoms with Crippen molar-refractivity contribution in [3.05, 3.63) is 65.2 Å². The number of hydrogen-bond acceptors (Lipinski definition) is 3. The molecule has 1 aliphatic rings. The van der Waals surface area contributed by atoms with E-state index < -0.39 is 17.6 Å². The fraction of sp³-hybridized carbons (Fsp3) is 0.381. The minimum absolute atomic E-state index is 0.00461. The first-order chi connectivity index (χ1) is 13.4. The number of amides is 1. The lowest BCUT2D eigenvalue weighted by molar-refractivity contribution is -0.137. The number of nitrogens with one attached hydrogen (secondary N) is 1. The minimum atomic E-state index is -4.48. The molecule has 1 aliphatic heterocycles. The van der Waals surface area contributed by atoms with Crippen LogP contribution in [0.15, 0.2) is 48.5 Å². The molecule has 0 aliphatic carbocycles. The summed E-state index contributed by atoms with van der Waals surface area (Å²) in [5, 5.41) is 2.80. The quantitative estimate of drug-likeness (QED) is 0.798. The molecule has 7 heteroatoms. The van der Waals surface area contributed by atoms with Crippen molar-refractivity contribution in [2.24, 2.45) is 0 Å². The van der Waals surface area contributed by atoms with Gasteiger partial charge in [0.25, 0.3) is 5.91 Å². The fourth-order valence-electron chi connectivity index (χ4n) is 3.56. The van der Waals surface area contributed by atoms with Crippen LogP contribution < -0.4 is 10.1 Å². The molecule has 1 N–H and O–H groups in total. The van der Waals surface area contributed by atoms with Gasteiger partial charge in [-0.25, -0.2) is 0 Å². The maximum absolute atomic E-state index is 12.9. The van der Waals surface area contributed by atoms with Gasteiger partial charge in [-0.1, -0.05) is 24.3 Å². The number of carbonyl (C=O) groups excluding carboxylic acids is 1. The Morgan fingerprint density at radius 1 is 1.14 bits per heavy atom. The number of nitrogens with zero attached hydrogens (tertiary/aromatic N) is 1. The second-order valence-electron chi connectivity index (χ2n) is 6.79. The molecule has 0 aromatic heterocycles. The van der Waals surface area contributed by atoms with Crippen LogP contribution in [-0.4, -0.2) is 37.6 Å². The number of ether oxygens (including phenoxy) is 1. The Morgan fingerprint density at radius 3 is 2.54 bits per heavy atom. The lowest BCUT2D eigenvalue weighted by Gasteiger charge is -2.29. The van der Waals surface area contributed by atoms with E-state index in [1.807, 2.05) is 24.3 Å². The van der Waals surface area contributed by atoms with Crippen molar-refractivity contribution in [1.82, 2.24) is 10.2 Å². The average Bonchev–Trinajstić information content (AvgIpc) is 3.22. The van der Waals surface area contributed by atoms with Crippen LogP contribution in [0.2, 0.25) is 0 Å². The molecule has 1 fully saturated rings. The van der Waals surface area contributed by atoms with Crippen molar-refractivity contribution in [2.45, 2.75) is 25.1 Å². The molecule has 2 aromatic rings. The van der Waals surface area contributed by atoms with Crippen molar-refractivity contribution in [3.8, 4) is 5.75 Å². The number of rotatable bonds is 6. The summed E-state index contributed by atoms with van der Waals surface area (Å²) in [4.78, 5) is 14.8. The first-order valence-electron chi connectivity index (χ1n) is 9.22. The zero-order chi connectivity index (χ0) is 20.1. The standard InChI is InChI=1S/C21H23F3N2O2/c1-28-19-10-3-2-9-17(19)18(26-11-4-5-12-26)14-25-20(27)15-7-6-8-16(13-15)21(22,23)24/h2-3,6-10,13,18H,4-5,11-12,14H2,1H3,(H,25,27)/t18-/m1/s1. The summed E-state index contributed by atoms with van der Waals surface area (Å²) in [5.74, 6) is 0.206. The third-order valence-corrected chi connectivity index (χ3v) is 4.99. The van der Waals surface area contributed by atoms with Crippen LogP contribution in [0, 0.1) is 0 Å². The number of para-hydroxylation sites is 1. The summed E-state index contributed by atoms with van der Waals surface area (Å²) in [5.41, 5.74) is 0.118. The highest BCUT2D eigenvalue weighted by molar-refractivity contribution is 5.94. The lowest BCUT2D eigenvalue weighted by Crippen LogP contribution is -2.37. The molecule has 0 saturated carbocycles. The molecule has 1 heterocycles. The first-order valence-corrected chi connectivity index (χ1v) is 9.22. The number of carbonyl (C=O) groups is 1. The van der Waals surface area contributed by atoms with E-state index in [0.717, 1.165) is 49.4 Å². The molecular weight excluding hydrogens is 369 g/mol. The summed E-state index contributed by atoms with van der Waals surface area (Å²) < 4.78 is 44.2. The Kier molecular flexibility index (Phi) is 6.24. The number of benzene rings is 2. The van der Waals surface area contributed by atoms with Gasteiger partial charge in [0.05, 0.1) is 18.7 Å². The molecule has 1 saturated heterocycles. The van der Waals surface area contributed by atoms with Crippen molar-refractivity contribution in [1.29, 1.82) is 0 Å². The second kappa shape index (κ2) is 8.65. The summed E-state index contributed by atoms with van der Waals surface area (Å²) in [6.07, 6.45) is -2.33. The molecule has 2 aromatic carbocycles. The highest BCUT2D eigenvalue weighted by atomic mass is 19.4. The van der Waals surface area contributed by atoms with Crippen molar-refractivity contribution in [2.75, 3.05) is 26.7 Å². The van der Waals surface area contributed by atoms with Gasteiger partial charge in [-0.15, -0.1) is 0 Å². The van der Waals surface area contributed by atoms with E-state index in [-0.39, 0.29) is 18.2 Å². The van der Waals surface area contributed by atoms with Crippen LogP contribution in [0.25, 0.3) is 0 Å². The molecule has 150 valence electrons. The molecule has 28 heavy (non-hydrogen) atoms. The van der Waals surface area contributed by atoms with E-state index in [1.165, 1.54) is 12.1 Å². The highest BCUT2D eigenvalue weighted by Gasteiger charge is 2.31. The van der Waals surface area contributed by atoms with Crippen LogP contribution in [0.4, 0.5) is 13.2 Å². The number of halogens is 3. The average molecular weight is 392 g/mol. The largest absolute Gasteiger partial charge is 0.496 e. The maximum atomic E-state index is 12.9. The summed E-state index contributed by atoms with van der Waals surface area (Å²) in [6.45, 7) is 2.10. The molecule has 0 bridgehead atoms. The first kappa shape index (κ1) is 20.2. The molecule has 3 rings (SSSR count). The zero-order valence-electron chi connectivity index (χ0n) is 15.6. The topological polar surface area (TPSA) is 41.6 Å². The van der Waals surface area contributed by atoms with Crippen molar-refractivity contribution >= 4 is 5.91 Å². The van der Waals surface area contributed by atoms with E-state index in [9.17, 15) is 18.0 Å². The predicted octanol–water partition coefficient (Wildman–Crippen LogP) is 4.28. The monoisotopic (exact) mass is 392 g/mol. The highest BCUT2D eigenvalue weighted by Crippen LogP contribution is 2.32. The van der Waals surface area contributed by atoms with Crippen molar-refractivity contribution in [3.63, 3.8) is 0 Å². The van der Waals surface area contributed by atoms with Crippen molar-refractivity contribution < 1.29 is 22.7 Å². The zero-order valence-corrected chi connectivity index (χ0v) is 15.6. The Hall–Kier alpha value is -2.54. The predicted molar refractivity (Wildman–Crippen MR) is 100 cm³/mol. The SMILES string of the molecule is COc1ccccc1[C@@H](CNC(=O)c1cccc(C(F)(F)F)c1)N1CCCC1. The van der Waals surface area contributed by atoms with Gasteiger partial charge in [0.15, 0.2) is 0 Å². The third-order valence-electron chi connectivity index (χ3n) is 4.99. The summed E-state index contributed by atoms with van der Waals surface area (Å²) in [6, 6.07) is 12.0. The molecule has 0 spiro atoms. The van der Waals surface area contributed by atoms with Crippen LogP contribution in [0.3, 0.4) is 0 Å². The number of likely N-dealkylation sites (tertiary alicyclic amines) is 1. The maximum Gasteiger partial charge on any atom is 0.416 e. The number of hydrogen-bond donors (Lipinski definition) is 1. The molecule has 0 unspecified atom stereocenters. The Bertz CT molecular complexity index is 817. The molecule has 0 radical (unpaired) electrons. The smallest absolute Gasteiger partial charge is 0.416 e. The third kappa shape index (κ3) is 4.65. The lowest BCUT2D eigenvalue weighted by atomic mass is 10.0. The van der Waals surface area contributed by atoms with E-state index >= 15 is 0 Å². The van der Waals surface area contributed by atoms with Gasteiger partial charge in [0, 0.05) is 17.7 Å². The van der Waals surface area contributed by atoms with Gasteiger partial charge in [-0.3, -0.25) is 9.69 Å². The molecule has 1 atom stereocenters. The van der Waals surface area contributed by atoms with Gasteiger partial charge in [0.2, 0.25) is 0 Å². The summed E-state index contributed by atoms with van der Waals surface area (Å²) in [7, 11) is 1.60. The van der Waals surface area contributed by atoms with Gasteiger partial charge in [-0.05, 0) is 50.2 Å². The Labute approximate surface area is 162 Å². The van der Waals surface area contributed by atoms with Gasteiger partial charge in [0.1, 0.15) is 5.75 Å². The summed E-state index contributed by atoms with van der Waals surface area (Å²) >= 11 is 0. The van der Waals surface area contributed by atoms with Crippen LogP contribution >= 0.6 is 0 Å². The van der Waals surface area contributed by atoms with Crippen LogP contribution in [0.5, 0.6) is 5.75 Å². The van der Waals surface area contributed by atoms with E-state index in [0.29, 0.717) is 0 Å². The van der Waals surface area contributed by atoms with Gasteiger partial charge in [-0.2, -0.15) is 13.2 Å². The minimum Gasteiger partial charge on any atom is -0.496 e. The van der Waals surface area contributed by atoms with E-state index in [2.05, 4.69) is 10.2 Å². The Morgan fingerprint density at radius 2 is 1.86 bits per heavy atom. The van der Waals surface area contributed by atoms with E-state index in [1.54, 1.807) is 7.11 Å². The second-order valence-corrected chi connectivity index (χ2v) is 6.79. The van der Waals surface area contributed by atoms with Gasteiger partial charge < -0.3 is 10.1 Å². The molecular formula is C21H23F3N2O2. The van der Waals surface area contributed by atoms with Crippen LogP contribution in [0.1, 0.15) is 40.4 Å². The number of alkyl halides is 3. The number of methoxy groups -OCH3 is 1. The van der Waals surface area contributed by atoms with Crippen LogP contribution in [-0.2, 0) is 6.18 Å². The normalized spacial score (nSPS) is 16.0. The van der Waals surface area contributed by atoms with Gasteiger partial charge >= 0.3 is 6.18 Å². The molecule has 1 amide bonds.